The summed E-state index contributed by atoms with van der Waals surface area (Å²) in [5.41, 5.74) is -1.62. The van der Waals surface area contributed by atoms with Crippen molar-refractivity contribution in [3.8, 4) is 5.69 Å². The number of nitrogens with zero attached hydrogens (tertiary/aromatic N) is 4. The number of allylic oxidation sites excluding steroid dienone is 4. The van der Waals surface area contributed by atoms with E-state index in [9.17, 15) is 32.7 Å². The second-order valence-electron chi connectivity index (χ2n) is 8.50. The van der Waals surface area contributed by atoms with Crippen LogP contribution >= 0.6 is 0 Å². The number of carboxylic acid groups (broad SMARTS) is 1. The molecule has 3 aromatic rings. The first-order valence-electron chi connectivity index (χ1n) is 11.0. The Labute approximate surface area is 197 Å². The average molecular weight is 488 g/mol. The number of aromatic carboxylic acids is 1. The highest BCUT2D eigenvalue weighted by Gasteiger charge is 2.40. The Kier molecular flexibility index (Phi) is 6.04. The Bertz CT molecular complexity index is 1520. The van der Waals surface area contributed by atoms with Crippen LogP contribution in [0.1, 0.15) is 37.6 Å². The lowest BCUT2D eigenvalue weighted by molar-refractivity contribution is -0.0993. The summed E-state index contributed by atoms with van der Waals surface area (Å²) < 4.78 is 44.4. The van der Waals surface area contributed by atoms with Crippen molar-refractivity contribution in [3.63, 3.8) is 0 Å². The van der Waals surface area contributed by atoms with Gasteiger partial charge in [0.15, 0.2) is 0 Å². The zero-order chi connectivity index (χ0) is 25.7. The van der Waals surface area contributed by atoms with E-state index in [1.54, 1.807) is 30.6 Å². The summed E-state index contributed by atoms with van der Waals surface area (Å²) in [4.78, 5) is 42.3. The molecule has 35 heavy (non-hydrogen) atoms. The lowest BCUT2D eigenvalue weighted by atomic mass is 9.84. The molecule has 0 saturated carbocycles. The molecule has 1 aliphatic rings. The summed E-state index contributed by atoms with van der Waals surface area (Å²) in [6, 6.07) is 4.89. The van der Waals surface area contributed by atoms with Gasteiger partial charge in [0.25, 0.3) is 5.56 Å². The maximum absolute atomic E-state index is 13.6. The molecular weight excluding hydrogens is 465 g/mol. The average Bonchev–Trinajstić information content (AvgIpc) is 3.19. The maximum atomic E-state index is 13.6. The summed E-state index contributed by atoms with van der Waals surface area (Å²) in [5.74, 6) is -2.32. The third-order valence-electron chi connectivity index (χ3n) is 6.35. The minimum atomic E-state index is -4.56. The van der Waals surface area contributed by atoms with Crippen molar-refractivity contribution in [2.45, 2.75) is 46.5 Å². The standard InChI is InChI=1S/C24H23F3N4O4/c1-4-29-12-28-18-9-16(7-8-19(18)29)30-11-17(22(33)34)21(32)31(23(30)35)10-15-6-5-13(2)20(14(15)3)24(25,26)27/h6-9,11-13H,4-5,10H2,1-3H3,(H,33,34). The van der Waals surface area contributed by atoms with Gasteiger partial charge in [0, 0.05) is 18.3 Å². The minimum Gasteiger partial charge on any atom is -0.477 e. The molecule has 184 valence electrons. The van der Waals surface area contributed by atoms with Gasteiger partial charge >= 0.3 is 17.8 Å². The molecule has 0 saturated heterocycles. The van der Waals surface area contributed by atoms with E-state index in [-0.39, 0.29) is 23.3 Å². The Hall–Kier alpha value is -3.89. The molecule has 1 atom stereocenters. The fourth-order valence-electron chi connectivity index (χ4n) is 4.51. The van der Waals surface area contributed by atoms with Crippen molar-refractivity contribution >= 4 is 17.0 Å². The molecule has 1 aromatic carbocycles. The SMILES string of the molecule is CCn1cnc2cc(-n3cc(C(=O)O)c(=O)n(CC4=CCC(C)C(C(F)(F)F)=C4C)c3=O)ccc21. The number of halogens is 3. The van der Waals surface area contributed by atoms with Crippen LogP contribution in [0.5, 0.6) is 0 Å². The molecule has 1 N–H and O–H groups in total. The Morgan fingerprint density at radius 1 is 1.26 bits per heavy atom. The lowest BCUT2D eigenvalue weighted by Crippen LogP contribution is -2.42. The van der Waals surface area contributed by atoms with Crippen molar-refractivity contribution in [3.05, 3.63) is 79.9 Å². The predicted molar refractivity (Wildman–Crippen MR) is 123 cm³/mol. The number of imidazole rings is 1. The van der Waals surface area contributed by atoms with Crippen LogP contribution in [0.25, 0.3) is 16.7 Å². The second kappa shape index (κ2) is 8.71. The number of aromatic nitrogens is 4. The van der Waals surface area contributed by atoms with E-state index in [1.807, 2.05) is 11.5 Å². The van der Waals surface area contributed by atoms with Crippen LogP contribution in [0.3, 0.4) is 0 Å². The van der Waals surface area contributed by atoms with E-state index in [0.717, 1.165) is 16.3 Å². The van der Waals surface area contributed by atoms with Gasteiger partial charge < -0.3 is 9.67 Å². The smallest absolute Gasteiger partial charge is 0.413 e. The summed E-state index contributed by atoms with van der Waals surface area (Å²) in [5, 5.41) is 9.58. The number of carbonyl (C=O) groups is 1. The van der Waals surface area contributed by atoms with Gasteiger partial charge in [-0.2, -0.15) is 13.2 Å². The number of hydrogen-bond donors (Lipinski definition) is 1. The zero-order valence-electron chi connectivity index (χ0n) is 19.3. The fraction of sp³-hybridized carbons (Fsp3) is 0.333. The van der Waals surface area contributed by atoms with Gasteiger partial charge in [0.05, 0.1) is 29.6 Å². The van der Waals surface area contributed by atoms with E-state index >= 15 is 0 Å². The molecule has 2 heterocycles. The molecule has 0 radical (unpaired) electrons. The van der Waals surface area contributed by atoms with Gasteiger partial charge in [-0.15, -0.1) is 0 Å². The highest BCUT2D eigenvalue weighted by molar-refractivity contribution is 5.87. The number of hydrogen-bond acceptors (Lipinski definition) is 4. The van der Waals surface area contributed by atoms with Crippen molar-refractivity contribution in [1.82, 2.24) is 18.7 Å². The van der Waals surface area contributed by atoms with Crippen LogP contribution in [0.4, 0.5) is 13.2 Å². The Morgan fingerprint density at radius 2 is 1.97 bits per heavy atom. The molecule has 8 nitrogen and oxygen atoms in total. The third kappa shape index (κ3) is 4.22. The number of aryl methyl sites for hydroxylation is 1. The molecule has 1 aliphatic carbocycles. The van der Waals surface area contributed by atoms with Crippen molar-refractivity contribution in [2.24, 2.45) is 5.92 Å². The Balaban J connectivity index is 1.88. The molecule has 11 heteroatoms. The first kappa shape index (κ1) is 24.2. The lowest BCUT2D eigenvalue weighted by Gasteiger charge is -2.27. The van der Waals surface area contributed by atoms with Crippen molar-refractivity contribution in [2.75, 3.05) is 0 Å². The first-order valence-corrected chi connectivity index (χ1v) is 11.0. The molecular formula is C24H23F3N4O4. The van der Waals surface area contributed by atoms with Crippen LogP contribution in [-0.4, -0.2) is 35.9 Å². The summed E-state index contributed by atoms with van der Waals surface area (Å²) in [6.45, 7) is 4.89. The molecule has 0 bridgehead atoms. The van der Waals surface area contributed by atoms with Crippen LogP contribution in [0, 0.1) is 5.92 Å². The summed E-state index contributed by atoms with van der Waals surface area (Å²) in [6.07, 6.45) is -0.357. The normalized spacial score (nSPS) is 16.6. The molecule has 0 amide bonds. The molecule has 0 spiro atoms. The minimum absolute atomic E-state index is 0.0682. The monoisotopic (exact) mass is 488 g/mol. The van der Waals surface area contributed by atoms with Crippen LogP contribution in [-0.2, 0) is 13.1 Å². The number of rotatable bonds is 5. The number of fused-ring (bicyclic) bond motifs is 1. The van der Waals surface area contributed by atoms with E-state index in [2.05, 4.69) is 4.98 Å². The largest absolute Gasteiger partial charge is 0.477 e. The van der Waals surface area contributed by atoms with Gasteiger partial charge in [-0.25, -0.2) is 14.6 Å². The van der Waals surface area contributed by atoms with Gasteiger partial charge in [0.2, 0.25) is 0 Å². The first-order chi connectivity index (χ1) is 16.4. The third-order valence-corrected chi connectivity index (χ3v) is 6.35. The van der Waals surface area contributed by atoms with E-state index in [1.165, 1.54) is 13.8 Å². The Morgan fingerprint density at radius 3 is 2.60 bits per heavy atom. The molecule has 1 unspecified atom stereocenters. The highest BCUT2D eigenvalue weighted by atomic mass is 19.4. The van der Waals surface area contributed by atoms with Gasteiger partial charge in [-0.3, -0.25) is 13.9 Å². The van der Waals surface area contributed by atoms with Crippen molar-refractivity contribution < 1.29 is 23.1 Å². The van der Waals surface area contributed by atoms with Crippen LogP contribution in [0.2, 0.25) is 0 Å². The van der Waals surface area contributed by atoms with Gasteiger partial charge in [0.1, 0.15) is 5.56 Å². The van der Waals surface area contributed by atoms with Gasteiger partial charge in [-0.1, -0.05) is 13.0 Å². The number of alkyl halides is 3. The number of benzene rings is 1. The van der Waals surface area contributed by atoms with E-state index < -0.39 is 47.0 Å². The van der Waals surface area contributed by atoms with Crippen molar-refractivity contribution in [1.29, 1.82) is 0 Å². The highest BCUT2D eigenvalue weighted by Crippen LogP contribution is 2.40. The number of carboxylic acids is 1. The predicted octanol–water partition coefficient (Wildman–Crippen LogP) is 3.91. The summed E-state index contributed by atoms with van der Waals surface area (Å²) >= 11 is 0. The molecule has 0 aliphatic heterocycles. The maximum Gasteiger partial charge on any atom is 0.413 e. The van der Waals surface area contributed by atoms with Crippen LogP contribution < -0.4 is 11.2 Å². The topological polar surface area (TPSA) is 99.1 Å². The van der Waals surface area contributed by atoms with E-state index in [4.69, 9.17) is 0 Å². The molecule has 2 aromatic heterocycles. The second-order valence-corrected chi connectivity index (χ2v) is 8.50. The summed E-state index contributed by atoms with van der Waals surface area (Å²) in [7, 11) is 0. The van der Waals surface area contributed by atoms with Crippen LogP contribution in [0.15, 0.2) is 63.1 Å². The zero-order valence-corrected chi connectivity index (χ0v) is 19.3. The molecule has 0 fully saturated rings. The molecule has 4 rings (SSSR count). The fourth-order valence-corrected chi connectivity index (χ4v) is 4.51. The van der Waals surface area contributed by atoms with E-state index in [0.29, 0.717) is 16.6 Å². The van der Waals surface area contributed by atoms with Gasteiger partial charge in [-0.05, 0) is 55.5 Å². The quantitative estimate of drug-likeness (QED) is 0.587.